The average molecular weight is 345 g/mol. The minimum Gasteiger partial charge on any atom is -0.324 e. The third kappa shape index (κ3) is 4.59. The number of hydrogen-bond acceptors (Lipinski definition) is 2. The quantitative estimate of drug-likeness (QED) is 0.760. The van der Waals surface area contributed by atoms with Gasteiger partial charge in [-0.2, -0.15) is 0 Å². The van der Waals surface area contributed by atoms with Crippen molar-refractivity contribution >= 4 is 23.2 Å². The van der Waals surface area contributed by atoms with E-state index in [0.717, 1.165) is 24.1 Å². The Hall–Kier alpha value is -1.84. The number of hydrogen-bond donors (Lipinski definition) is 2. The molecule has 1 atom stereocenters. The monoisotopic (exact) mass is 344 g/mol. The van der Waals surface area contributed by atoms with Crippen molar-refractivity contribution in [3.63, 3.8) is 0 Å². The molecule has 24 heavy (non-hydrogen) atoms. The molecule has 2 aromatic rings. The van der Waals surface area contributed by atoms with Gasteiger partial charge in [-0.05, 0) is 42.5 Å². The van der Waals surface area contributed by atoms with Crippen molar-refractivity contribution in [1.29, 1.82) is 0 Å². The summed E-state index contributed by atoms with van der Waals surface area (Å²) in [7, 11) is 0. The van der Waals surface area contributed by atoms with Crippen LogP contribution >= 0.6 is 11.6 Å². The van der Waals surface area contributed by atoms with Gasteiger partial charge in [0.25, 0.3) is 0 Å². The van der Waals surface area contributed by atoms with E-state index in [9.17, 15) is 4.79 Å². The minimum absolute atomic E-state index is 0.0107. The lowest BCUT2D eigenvalue weighted by Gasteiger charge is -2.17. The van der Waals surface area contributed by atoms with Gasteiger partial charge in [0.2, 0.25) is 5.91 Å². The van der Waals surface area contributed by atoms with Gasteiger partial charge < -0.3 is 10.6 Å². The molecule has 3 nitrogen and oxygen atoms in total. The average Bonchev–Trinajstić information content (AvgIpc) is 2.60. The van der Waals surface area contributed by atoms with E-state index in [1.165, 1.54) is 11.1 Å². The standard InChI is InChI=1S/C20H25ClN2O/c1-4-15-9-8-10-16(5-2)20(15)23-19(24)13-22-14(3)17-11-6-7-12-18(17)21/h6-12,14,22H,4-5,13H2,1-3H3,(H,23,24)/t14-/m1/s1. The SMILES string of the molecule is CCc1cccc(CC)c1NC(=O)CN[C@H](C)c1ccccc1Cl. The molecule has 0 aliphatic heterocycles. The van der Waals surface area contributed by atoms with Crippen LogP contribution in [0.15, 0.2) is 42.5 Å². The van der Waals surface area contributed by atoms with Crippen LogP contribution in [0.25, 0.3) is 0 Å². The number of anilines is 1. The van der Waals surface area contributed by atoms with E-state index < -0.39 is 0 Å². The van der Waals surface area contributed by atoms with E-state index in [4.69, 9.17) is 11.6 Å². The molecule has 2 aromatic carbocycles. The topological polar surface area (TPSA) is 41.1 Å². The third-order valence-corrected chi connectivity index (χ3v) is 4.55. The largest absolute Gasteiger partial charge is 0.324 e. The first-order valence-electron chi connectivity index (χ1n) is 8.45. The number of nitrogens with one attached hydrogen (secondary N) is 2. The van der Waals surface area contributed by atoms with Gasteiger partial charge in [-0.25, -0.2) is 0 Å². The number of amides is 1. The van der Waals surface area contributed by atoms with Gasteiger partial charge in [0.15, 0.2) is 0 Å². The number of para-hydroxylation sites is 1. The first-order chi connectivity index (χ1) is 11.6. The lowest BCUT2D eigenvalue weighted by molar-refractivity contribution is -0.115. The summed E-state index contributed by atoms with van der Waals surface area (Å²) in [5, 5.41) is 7.02. The molecule has 128 valence electrons. The Balaban J connectivity index is 2.01. The molecular formula is C20H25ClN2O. The Morgan fingerprint density at radius 2 is 1.67 bits per heavy atom. The summed E-state index contributed by atoms with van der Waals surface area (Å²) in [4.78, 5) is 12.4. The molecule has 2 N–H and O–H groups in total. The first-order valence-corrected chi connectivity index (χ1v) is 8.83. The molecule has 1 amide bonds. The minimum atomic E-state index is -0.0375. The Kier molecular flexibility index (Phi) is 6.83. The van der Waals surface area contributed by atoms with E-state index in [2.05, 4.69) is 36.6 Å². The van der Waals surface area contributed by atoms with E-state index in [0.29, 0.717) is 5.02 Å². The van der Waals surface area contributed by atoms with Gasteiger partial charge in [0.05, 0.1) is 6.54 Å². The van der Waals surface area contributed by atoms with Crippen molar-refractivity contribution in [2.24, 2.45) is 0 Å². The van der Waals surface area contributed by atoms with Crippen LogP contribution in [0.2, 0.25) is 5.02 Å². The van der Waals surface area contributed by atoms with Crippen LogP contribution in [-0.2, 0) is 17.6 Å². The summed E-state index contributed by atoms with van der Waals surface area (Å²) < 4.78 is 0. The number of aryl methyl sites for hydroxylation is 2. The summed E-state index contributed by atoms with van der Waals surface area (Å²) in [6, 6.07) is 13.9. The van der Waals surface area contributed by atoms with Crippen molar-refractivity contribution in [2.45, 2.75) is 39.7 Å². The number of carbonyl (C=O) groups excluding carboxylic acids is 1. The van der Waals surface area contributed by atoms with Gasteiger partial charge >= 0.3 is 0 Å². The Morgan fingerprint density at radius 1 is 1.04 bits per heavy atom. The van der Waals surface area contributed by atoms with Gasteiger partial charge in [-0.3, -0.25) is 4.79 Å². The van der Waals surface area contributed by atoms with E-state index >= 15 is 0 Å². The predicted octanol–water partition coefficient (Wildman–Crippen LogP) is 4.75. The second kappa shape index (κ2) is 8.86. The van der Waals surface area contributed by atoms with Crippen LogP contribution in [-0.4, -0.2) is 12.5 Å². The second-order valence-corrected chi connectivity index (χ2v) is 6.24. The summed E-state index contributed by atoms with van der Waals surface area (Å²) in [5.74, 6) is -0.0375. The van der Waals surface area contributed by atoms with Crippen LogP contribution in [0, 0.1) is 0 Å². The molecule has 2 rings (SSSR count). The van der Waals surface area contributed by atoms with Gasteiger partial charge in [0, 0.05) is 16.8 Å². The zero-order chi connectivity index (χ0) is 17.5. The first kappa shape index (κ1) is 18.5. The van der Waals surface area contributed by atoms with Gasteiger partial charge in [-0.1, -0.05) is 61.8 Å². The van der Waals surface area contributed by atoms with Crippen molar-refractivity contribution in [3.05, 3.63) is 64.2 Å². The third-order valence-electron chi connectivity index (χ3n) is 4.20. The van der Waals surface area contributed by atoms with Crippen LogP contribution in [0.3, 0.4) is 0 Å². The van der Waals surface area contributed by atoms with Crippen molar-refractivity contribution in [3.8, 4) is 0 Å². The summed E-state index contributed by atoms with van der Waals surface area (Å²) in [6.45, 7) is 6.45. The maximum Gasteiger partial charge on any atom is 0.238 e. The molecule has 0 saturated carbocycles. The van der Waals surface area contributed by atoms with Crippen molar-refractivity contribution in [1.82, 2.24) is 5.32 Å². The van der Waals surface area contributed by atoms with Crippen LogP contribution in [0.4, 0.5) is 5.69 Å². The maximum atomic E-state index is 12.4. The molecule has 0 fully saturated rings. The number of halogens is 1. The van der Waals surface area contributed by atoms with Crippen LogP contribution in [0.1, 0.15) is 43.5 Å². The maximum absolute atomic E-state index is 12.4. The highest BCUT2D eigenvalue weighted by atomic mass is 35.5. The Labute approximate surface area is 149 Å². The number of carbonyl (C=O) groups is 1. The summed E-state index contributed by atoms with van der Waals surface area (Å²) >= 11 is 6.20. The fourth-order valence-electron chi connectivity index (χ4n) is 2.77. The number of benzene rings is 2. The van der Waals surface area contributed by atoms with Gasteiger partial charge in [0.1, 0.15) is 0 Å². The smallest absolute Gasteiger partial charge is 0.238 e. The molecule has 4 heteroatoms. The summed E-state index contributed by atoms with van der Waals surface area (Å²) in [5.41, 5.74) is 4.29. The molecule has 0 aliphatic carbocycles. The zero-order valence-corrected chi connectivity index (χ0v) is 15.3. The number of rotatable bonds is 7. The zero-order valence-electron chi connectivity index (χ0n) is 14.5. The highest BCUT2D eigenvalue weighted by molar-refractivity contribution is 6.31. The molecule has 0 bridgehead atoms. The van der Waals surface area contributed by atoms with Gasteiger partial charge in [-0.15, -0.1) is 0 Å². The fraction of sp³-hybridized carbons (Fsp3) is 0.350. The normalized spacial score (nSPS) is 12.0. The lowest BCUT2D eigenvalue weighted by atomic mass is 10.0. The second-order valence-electron chi connectivity index (χ2n) is 5.83. The molecular weight excluding hydrogens is 320 g/mol. The molecule has 0 aliphatic rings. The lowest BCUT2D eigenvalue weighted by Crippen LogP contribution is -2.30. The molecule has 0 aromatic heterocycles. The Bertz CT molecular complexity index is 678. The molecule has 0 unspecified atom stereocenters. The fourth-order valence-corrected chi connectivity index (χ4v) is 3.07. The van der Waals surface area contributed by atoms with Crippen LogP contribution < -0.4 is 10.6 Å². The van der Waals surface area contributed by atoms with Crippen molar-refractivity contribution in [2.75, 3.05) is 11.9 Å². The van der Waals surface area contributed by atoms with Crippen molar-refractivity contribution < 1.29 is 4.79 Å². The molecule has 0 spiro atoms. The van der Waals surface area contributed by atoms with Crippen LogP contribution in [0.5, 0.6) is 0 Å². The van der Waals surface area contributed by atoms with E-state index in [-0.39, 0.29) is 18.5 Å². The highest BCUT2D eigenvalue weighted by Crippen LogP contribution is 2.23. The highest BCUT2D eigenvalue weighted by Gasteiger charge is 2.13. The molecule has 0 radical (unpaired) electrons. The molecule has 0 saturated heterocycles. The summed E-state index contributed by atoms with van der Waals surface area (Å²) in [6.07, 6.45) is 1.79. The van der Waals surface area contributed by atoms with E-state index in [1.54, 1.807) is 0 Å². The predicted molar refractivity (Wildman–Crippen MR) is 102 cm³/mol. The van der Waals surface area contributed by atoms with E-state index in [1.807, 2.05) is 37.3 Å². The Morgan fingerprint density at radius 3 is 2.25 bits per heavy atom. The molecule has 0 heterocycles.